The van der Waals surface area contributed by atoms with Crippen LogP contribution < -0.4 is 21.0 Å². The van der Waals surface area contributed by atoms with E-state index >= 15 is 0 Å². The van der Waals surface area contributed by atoms with Crippen molar-refractivity contribution in [1.82, 2.24) is 10.3 Å². The molecule has 2 aromatic heterocycles. The Morgan fingerprint density at radius 2 is 1.69 bits per heavy atom. The van der Waals surface area contributed by atoms with Crippen LogP contribution in [0.2, 0.25) is 0 Å². The van der Waals surface area contributed by atoms with Crippen LogP contribution in [0, 0.1) is 12.8 Å². The number of fused-ring (bicyclic) bond motifs is 2. The normalized spacial score (nSPS) is 22.5. The van der Waals surface area contributed by atoms with Crippen LogP contribution in [0.1, 0.15) is 78.4 Å². The number of amides is 1. The molecule has 6 N–H and O–H groups in total. The molecule has 4 aromatic rings. The highest BCUT2D eigenvalue weighted by Gasteiger charge is 2.51. The third kappa shape index (κ3) is 6.19. The smallest absolute Gasteiger partial charge is 0.364 e. The number of aryl methyl sites for hydroxylation is 1. The minimum absolute atomic E-state index is 0.0455. The molecule has 3 bridgehead atoms. The SMILES string of the molecule is COc1ccc2c(O)c(NC(=O)c3ccc(O)c(C(=O)O[C@H]4[C@H](O)C(=O)[C@]5(C)CNC6=C(O5)C(=O)c5c(cc(C)c(O)c5C(=O)/C(C)=C/[C@@H]4C)C6=O)n3)c(=O)oc2c1. The van der Waals surface area contributed by atoms with Crippen LogP contribution in [0.5, 0.6) is 23.0 Å². The zero-order valence-electron chi connectivity index (χ0n) is 31.2. The number of hydrogen-bond donors (Lipinski definition) is 6. The number of methoxy groups -OCH3 is 1. The number of nitrogens with one attached hydrogen (secondary N) is 2. The molecule has 1 aliphatic carbocycles. The van der Waals surface area contributed by atoms with Crippen molar-refractivity contribution < 1.29 is 67.8 Å². The maximum atomic E-state index is 14.1. The van der Waals surface area contributed by atoms with Crippen LogP contribution in [-0.4, -0.2) is 91.9 Å². The molecule has 4 atom stereocenters. The first-order chi connectivity index (χ1) is 27.4. The number of aliphatic hydroxyl groups is 1. The lowest BCUT2D eigenvalue weighted by Crippen LogP contribution is -2.59. The van der Waals surface area contributed by atoms with Crippen LogP contribution in [-0.2, 0) is 14.3 Å². The number of aromatic nitrogens is 1. The second-order valence-electron chi connectivity index (χ2n) is 14.1. The number of carbonyl (C=O) groups excluding carboxylic acids is 6. The van der Waals surface area contributed by atoms with Crippen molar-refractivity contribution in [3.8, 4) is 23.0 Å². The summed E-state index contributed by atoms with van der Waals surface area (Å²) in [5.74, 6) is -9.91. The summed E-state index contributed by atoms with van der Waals surface area (Å²) in [6.07, 6.45) is -2.90. The number of aliphatic hydroxyl groups excluding tert-OH is 1. The first kappa shape index (κ1) is 38.9. The molecule has 18 heteroatoms. The van der Waals surface area contributed by atoms with E-state index in [1.165, 1.54) is 65.1 Å². The van der Waals surface area contributed by atoms with Crippen LogP contribution in [0.4, 0.5) is 5.69 Å². The van der Waals surface area contributed by atoms with Crippen molar-refractivity contribution in [3.63, 3.8) is 0 Å². The van der Waals surface area contributed by atoms with E-state index in [2.05, 4.69) is 15.6 Å². The van der Waals surface area contributed by atoms with Gasteiger partial charge in [-0.05, 0) is 62.2 Å². The van der Waals surface area contributed by atoms with Gasteiger partial charge in [0.2, 0.25) is 17.3 Å². The maximum absolute atomic E-state index is 14.1. The molecule has 7 rings (SSSR count). The van der Waals surface area contributed by atoms with Gasteiger partial charge >= 0.3 is 11.6 Å². The van der Waals surface area contributed by atoms with Gasteiger partial charge in [0.15, 0.2) is 40.4 Å². The van der Waals surface area contributed by atoms with Gasteiger partial charge in [0.1, 0.15) is 40.3 Å². The minimum atomic E-state index is -2.25. The Bertz CT molecular complexity index is 2690. The van der Waals surface area contributed by atoms with E-state index < -0.39 is 122 Å². The van der Waals surface area contributed by atoms with Crippen LogP contribution in [0.15, 0.2) is 68.7 Å². The highest BCUT2D eigenvalue weighted by molar-refractivity contribution is 6.31. The molecule has 0 spiro atoms. The van der Waals surface area contributed by atoms with Crippen molar-refractivity contribution in [3.05, 3.63) is 104 Å². The number of pyridine rings is 1. The number of benzene rings is 2. The van der Waals surface area contributed by atoms with E-state index in [-0.39, 0.29) is 33.4 Å². The standard InChI is InChI=1S/C40H33N3O15/c1-14-10-16(3)34(33(50)36(51)40(4)13-41-26-31(48)19-11-15(2)29(46)24(28(14)45)23(19)32(49)35(26)58-40)57-38(53)25-21(44)9-8-20(42-25)37(52)43-27-30(47)18-7-6-17(55-5)12-22(18)56-39(27)54/h6-12,16,33-34,41,44,46-47,50H,13H2,1-5H3,(H,43,52)/b14-10+/t16-,33-,34+,40-/m0/s1. The Kier molecular flexibility index (Phi) is 9.39. The number of phenols is 1. The molecular formula is C40H33N3O15. The van der Waals surface area contributed by atoms with Crippen molar-refractivity contribution in [1.29, 1.82) is 0 Å². The van der Waals surface area contributed by atoms with Gasteiger partial charge in [0, 0.05) is 17.5 Å². The summed E-state index contributed by atoms with van der Waals surface area (Å²) in [4.78, 5) is 99.3. The van der Waals surface area contributed by atoms with Crippen molar-refractivity contribution in [2.24, 2.45) is 5.92 Å². The lowest BCUT2D eigenvalue weighted by atomic mass is 9.82. The molecule has 0 unspecified atom stereocenters. The van der Waals surface area contributed by atoms with E-state index in [0.29, 0.717) is 5.75 Å². The number of aromatic hydroxyl groups is 3. The summed E-state index contributed by atoms with van der Waals surface area (Å²) in [7, 11) is 1.38. The highest BCUT2D eigenvalue weighted by Crippen LogP contribution is 2.40. The van der Waals surface area contributed by atoms with Gasteiger partial charge < -0.3 is 49.7 Å². The van der Waals surface area contributed by atoms with E-state index in [1.54, 1.807) is 0 Å². The summed E-state index contributed by atoms with van der Waals surface area (Å²) < 4.78 is 21.8. The topological polar surface area (TPSA) is 278 Å². The molecule has 0 saturated heterocycles. The third-order valence-corrected chi connectivity index (χ3v) is 10.1. The van der Waals surface area contributed by atoms with Crippen molar-refractivity contribution in [2.75, 3.05) is 19.0 Å². The van der Waals surface area contributed by atoms with E-state index in [0.717, 1.165) is 12.1 Å². The summed E-state index contributed by atoms with van der Waals surface area (Å²) >= 11 is 0. The van der Waals surface area contributed by atoms with Gasteiger partial charge in [-0.2, -0.15) is 0 Å². The summed E-state index contributed by atoms with van der Waals surface area (Å²) in [6.45, 7) is 4.88. The average Bonchev–Trinajstić information content (AvgIpc) is 3.19. The van der Waals surface area contributed by atoms with Gasteiger partial charge in [-0.1, -0.05) is 13.0 Å². The van der Waals surface area contributed by atoms with Crippen LogP contribution >= 0.6 is 0 Å². The maximum Gasteiger partial charge on any atom is 0.364 e. The van der Waals surface area contributed by atoms with Gasteiger partial charge in [-0.25, -0.2) is 14.6 Å². The largest absolute Gasteiger partial charge is 0.507 e. The fourth-order valence-electron chi connectivity index (χ4n) is 6.99. The summed E-state index contributed by atoms with van der Waals surface area (Å²) in [6, 6.07) is 7.34. The van der Waals surface area contributed by atoms with Gasteiger partial charge in [-0.15, -0.1) is 0 Å². The summed E-state index contributed by atoms with van der Waals surface area (Å²) in [5, 5.41) is 49.1. The Morgan fingerprint density at radius 1 is 0.966 bits per heavy atom. The quantitative estimate of drug-likeness (QED) is 0.125. The number of ether oxygens (including phenoxy) is 3. The van der Waals surface area contributed by atoms with Crippen molar-refractivity contribution in [2.45, 2.75) is 45.5 Å². The number of Topliss-reactive ketones (excluding diaryl/α,β-unsaturated/α-hetero) is 4. The number of phenolic OH excluding ortho intramolecular Hbond substituents is 1. The molecule has 2 aromatic carbocycles. The number of allylic oxidation sites excluding steroid dienone is 3. The highest BCUT2D eigenvalue weighted by atomic mass is 16.6. The number of hydrogen-bond acceptors (Lipinski definition) is 17. The van der Waals surface area contributed by atoms with Gasteiger partial charge in [-0.3, -0.25) is 24.0 Å². The molecule has 2 aliphatic heterocycles. The molecule has 0 fully saturated rings. The molecule has 4 heterocycles. The number of anilines is 1. The molecule has 58 heavy (non-hydrogen) atoms. The summed E-state index contributed by atoms with van der Waals surface area (Å²) in [5.41, 5.74) is -6.86. The van der Waals surface area contributed by atoms with Gasteiger partial charge in [0.05, 0.1) is 30.2 Å². The predicted octanol–water partition coefficient (Wildman–Crippen LogP) is 2.78. The molecular weight excluding hydrogens is 762 g/mol. The molecule has 0 radical (unpaired) electrons. The third-order valence-electron chi connectivity index (χ3n) is 10.1. The second-order valence-corrected chi connectivity index (χ2v) is 14.1. The first-order valence-electron chi connectivity index (χ1n) is 17.5. The Labute approximate surface area is 326 Å². The molecule has 3 aliphatic rings. The zero-order chi connectivity index (χ0) is 42.1. The lowest BCUT2D eigenvalue weighted by molar-refractivity contribution is -0.154. The number of ketones is 4. The van der Waals surface area contributed by atoms with Crippen LogP contribution in [0.25, 0.3) is 11.0 Å². The number of rotatable bonds is 5. The monoisotopic (exact) mass is 795 g/mol. The average molecular weight is 796 g/mol. The van der Waals surface area contributed by atoms with E-state index in [4.69, 9.17) is 18.6 Å². The fourth-order valence-corrected chi connectivity index (χ4v) is 6.99. The number of nitrogens with zero attached hydrogens (tertiary/aromatic N) is 1. The first-order valence-corrected chi connectivity index (χ1v) is 17.5. The van der Waals surface area contributed by atoms with E-state index in [1.807, 2.05) is 0 Å². The fraction of sp³-hybridized carbons (Fsp3) is 0.250. The molecule has 18 nitrogen and oxygen atoms in total. The van der Waals surface area contributed by atoms with E-state index in [9.17, 15) is 54.0 Å². The number of carbonyl (C=O) groups is 6. The predicted molar refractivity (Wildman–Crippen MR) is 198 cm³/mol. The van der Waals surface area contributed by atoms with Gasteiger partial charge in [0.25, 0.3) is 5.91 Å². The van der Waals surface area contributed by atoms with Crippen LogP contribution in [0.3, 0.4) is 0 Å². The second kappa shape index (κ2) is 14.0. The zero-order valence-corrected chi connectivity index (χ0v) is 31.2. The van der Waals surface area contributed by atoms with Crippen molar-refractivity contribution >= 4 is 51.7 Å². The molecule has 298 valence electrons. The Balaban J connectivity index is 1.24. The molecule has 1 amide bonds. The lowest BCUT2D eigenvalue weighted by Gasteiger charge is -2.39. The Hall–Kier alpha value is -7.34. The minimum Gasteiger partial charge on any atom is -0.507 e. The molecule has 0 saturated carbocycles. The Morgan fingerprint density at radius 3 is 2.40 bits per heavy atom. The number of esters is 1.